The summed E-state index contributed by atoms with van der Waals surface area (Å²) in [5.74, 6) is -0.745. The van der Waals surface area contributed by atoms with Crippen LogP contribution in [0.2, 0.25) is 0 Å². The number of imidazole rings is 1. The Bertz CT molecular complexity index is 854. The van der Waals surface area contributed by atoms with Gasteiger partial charge in [-0.15, -0.1) is 0 Å². The van der Waals surface area contributed by atoms with Crippen LogP contribution in [0.4, 0.5) is 5.69 Å². The number of hydrogen-bond acceptors (Lipinski definition) is 4. The number of hydrogen-bond donors (Lipinski definition) is 2. The number of anilines is 1. The van der Waals surface area contributed by atoms with Crippen molar-refractivity contribution in [3.63, 3.8) is 0 Å². The van der Waals surface area contributed by atoms with Crippen LogP contribution in [0.1, 0.15) is 20.7 Å². The molecule has 0 bridgehead atoms. The molecule has 0 atom stereocenters. The van der Waals surface area contributed by atoms with E-state index in [9.17, 15) is 9.59 Å². The molecule has 0 aliphatic rings. The lowest BCUT2D eigenvalue weighted by molar-refractivity contribution is 0.0600. The molecular weight excluding hydrogens is 282 g/mol. The monoisotopic (exact) mass is 295 g/mol. The number of nitrogens with zero attached hydrogens (tertiary/aromatic N) is 1. The highest BCUT2D eigenvalue weighted by Gasteiger charge is 2.13. The van der Waals surface area contributed by atoms with Crippen molar-refractivity contribution >= 4 is 28.6 Å². The number of para-hydroxylation sites is 1. The standard InChI is InChI=1S/C16H13N3O3/c1-22-16(21)10-4-2-5-11(8-10)19-15(20)12-6-3-7-13-14(12)18-9-17-13/h2-9H,1H3,(H,17,18)(H,19,20). The van der Waals surface area contributed by atoms with E-state index in [4.69, 9.17) is 0 Å². The number of carbonyl (C=O) groups excluding carboxylic acids is 2. The van der Waals surface area contributed by atoms with Crippen LogP contribution < -0.4 is 5.32 Å². The Morgan fingerprint density at radius 2 is 2.00 bits per heavy atom. The van der Waals surface area contributed by atoms with E-state index >= 15 is 0 Å². The molecule has 3 aromatic rings. The predicted octanol–water partition coefficient (Wildman–Crippen LogP) is 2.60. The smallest absolute Gasteiger partial charge is 0.337 e. The molecule has 22 heavy (non-hydrogen) atoms. The molecule has 1 heterocycles. The second-order valence-corrected chi connectivity index (χ2v) is 4.63. The van der Waals surface area contributed by atoms with Crippen LogP contribution >= 0.6 is 0 Å². The van der Waals surface area contributed by atoms with Crippen LogP contribution in [0.15, 0.2) is 48.8 Å². The number of methoxy groups -OCH3 is 1. The maximum Gasteiger partial charge on any atom is 0.337 e. The number of carbonyl (C=O) groups is 2. The van der Waals surface area contributed by atoms with Crippen molar-refractivity contribution in [1.29, 1.82) is 0 Å². The summed E-state index contributed by atoms with van der Waals surface area (Å²) in [6.45, 7) is 0. The SMILES string of the molecule is COC(=O)c1cccc(NC(=O)c2cccc3[nH]cnc23)c1. The Kier molecular flexibility index (Phi) is 3.57. The van der Waals surface area contributed by atoms with Gasteiger partial charge in [-0.2, -0.15) is 0 Å². The molecule has 0 unspecified atom stereocenters. The fourth-order valence-corrected chi connectivity index (χ4v) is 2.19. The van der Waals surface area contributed by atoms with Gasteiger partial charge in [-0.3, -0.25) is 4.79 Å². The van der Waals surface area contributed by atoms with Crippen molar-refractivity contribution < 1.29 is 14.3 Å². The van der Waals surface area contributed by atoms with E-state index in [-0.39, 0.29) is 5.91 Å². The Morgan fingerprint density at radius 1 is 1.18 bits per heavy atom. The fraction of sp³-hybridized carbons (Fsp3) is 0.0625. The highest BCUT2D eigenvalue weighted by atomic mass is 16.5. The summed E-state index contributed by atoms with van der Waals surface area (Å²) in [5.41, 5.74) is 2.74. The Morgan fingerprint density at radius 3 is 2.82 bits per heavy atom. The van der Waals surface area contributed by atoms with E-state index in [2.05, 4.69) is 20.0 Å². The van der Waals surface area contributed by atoms with Crippen molar-refractivity contribution in [1.82, 2.24) is 9.97 Å². The first-order valence-electron chi connectivity index (χ1n) is 6.61. The third-order valence-electron chi connectivity index (χ3n) is 3.24. The molecule has 2 aromatic carbocycles. The predicted molar refractivity (Wildman–Crippen MR) is 81.8 cm³/mol. The number of nitrogens with one attached hydrogen (secondary N) is 2. The summed E-state index contributed by atoms with van der Waals surface area (Å²) >= 11 is 0. The summed E-state index contributed by atoms with van der Waals surface area (Å²) in [6.07, 6.45) is 1.54. The summed E-state index contributed by atoms with van der Waals surface area (Å²) in [5, 5.41) is 2.76. The van der Waals surface area contributed by atoms with Gasteiger partial charge in [0.25, 0.3) is 5.91 Å². The summed E-state index contributed by atoms with van der Waals surface area (Å²) in [4.78, 5) is 31.0. The lowest BCUT2D eigenvalue weighted by Gasteiger charge is -2.07. The van der Waals surface area contributed by atoms with E-state index in [1.807, 2.05) is 6.07 Å². The van der Waals surface area contributed by atoms with Gasteiger partial charge < -0.3 is 15.0 Å². The van der Waals surface area contributed by atoms with Gasteiger partial charge in [0.1, 0.15) is 5.52 Å². The Hall–Kier alpha value is -3.15. The summed E-state index contributed by atoms with van der Waals surface area (Å²) in [7, 11) is 1.31. The Balaban J connectivity index is 1.88. The van der Waals surface area contributed by atoms with Crippen molar-refractivity contribution in [2.24, 2.45) is 0 Å². The number of aromatic nitrogens is 2. The van der Waals surface area contributed by atoms with Gasteiger partial charge in [-0.05, 0) is 30.3 Å². The highest BCUT2D eigenvalue weighted by Crippen LogP contribution is 2.17. The first-order chi connectivity index (χ1) is 10.7. The summed E-state index contributed by atoms with van der Waals surface area (Å²) in [6, 6.07) is 11.9. The zero-order valence-electron chi connectivity index (χ0n) is 11.8. The minimum atomic E-state index is -0.453. The molecule has 0 spiro atoms. The molecule has 0 saturated carbocycles. The minimum Gasteiger partial charge on any atom is -0.465 e. The van der Waals surface area contributed by atoms with Crippen LogP contribution in [-0.4, -0.2) is 29.0 Å². The molecule has 1 amide bonds. The van der Waals surface area contributed by atoms with Crippen LogP contribution in [0.3, 0.4) is 0 Å². The molecular formula is C16H13N3O3. The topological polar surface area (TPSA) is 84.1 Å². The molecule has 110 valence electrons. The molecule has 0 radical (unpaired) electrons. The van der Waals surface area contributed by atoms with Gasteiger partial charge in [-0.1, -0.05) is 12.1 Å². The molecule has 6 heteroatoms. The van der Waals surface area contributed by atoms with E-state index in [1.54, 1.807) is 42.7 Å². The van der Waals surface area contributed by atoms with Gasteiger partial charge in [0.05, 0.1) is 30.1 Å². The lowest BCUT2D eigenvalue weighted by Crippen LogP contribution is -2.13. The molecule has 0 aliphatic carbocycles. The van der Waals surface area contributed by atoms with E-state index < -0.39 is 5.97 Å². The minimum absolute atomic E-state index is 0.292. The molecule has 2 N–H and O–H groups in total. The molecule has 3 rings (SSSR count). The van der Waals surface area contributed by atoms with Crippen LogP contribution in [0, 0.1) is 0 Å². The molecule has 1 aromatic heterocycles. The quantitative estimate of drug-likeness (QED) is 0.727. The van der Waals surface area contributed by atoms with E-state index in [1.165, 1.54) is 7.11 Å². The van der Waals surface area contributed by atoms with Crippen LogP contribution in [-0.2, 0) is 4.74 Å². The van der Waals surface area contributed by atoms with E-state index in [0.29, 0.717) is 22.3 Å². The molecule has 0 saturated heterocycles. The average Bonchev–Trinajstić information content (AvgIpc) is 3.02. The first-order valence-corrected chi connectivity index (χ1v) is 6.61. The number of esters is 1. The van der Waals surface area contributed by atoms with Gasteiger partial charge in [0, 0.05) is 5.69 Å². The van der Waals surface area contributed by atoms with Crippen LogP contribution in [0.25, 0.3) is 11.0 Å². The molecule has 0 aliphatic heterocycles. The number of ether oxygens (including phenoxy) is 1. The van der Waals surface area contributed by atoms with Crippen molar-refractivity contribution in [3.8, 4) is 0 Å². The van der Waals surface area contributed by atoms with E-state index in [0.717, 1.165) is 5.52 Å². The number of benzene rings is 2. The third-order valence-corrected chi connectivity index (χ3v) is 3.24. The van der Waals surface area contributed by atoms with Crippen molar-refractivity contribution in [3.05, 3.63) is 59.9 Å². The fourth-order valence-electron chi connectivity index (χ4n) is 2.19. The molecule has 0 fully saturated rings. The van der Waals surface area contributed by atoms with Crippen molar-refractivity contribution in [2.75, 3.05) is 12.4 Å². The maximum atomic E-state index is 12.4. The maximum absolute atomic E-state index is 12.4. The van der Waals surface area contributed by atoms with Gasteiger partial charge >= 0.3 is 5.97 Å². The van der Waals surface area contributed by atoms with Crippen LogP contribution in [0.5, 0.6) is 0 Å². The second kappa shape index (κ2) is 5.69. The third kappa shape index (κ3) is 2.54. The number of amides is 1. The van der Waals surface area contributed by atoms with Gasteiger partial charge in [0.2, 0.25) is 0 Å². The number of aromatic amines is 1. The zero-order chi connectivity index (χ0) is 15.5. The lowest BCUT2D eigenvalue weighted by atomic mass is 10.1. The van der Waals surface area contributed by atoms with Gasteiger partial charge in [-0.25, -0.2) is 9.78 Å². The number of H-pyrrole nitrogens is 1. The average molecular weight is 295 g/mol. The Labute approximate surface area is 126 Å². The summed E-state index contributed by atoms with van der Waals surface area (Å²) < 4.78 is 4.66. The highest BCUT2D eigenvalue weighted by molar-refractivity contribution is 6.11. The first kappa shape index (κ1) is 13.8. The second-order valence-electron chi connectivity index (χ2n) is 4.63. The number of fused-ring (bicyclic) bond motifs is 1. The largest absolute Gasteiger partial charge is 0.465 e. The van der Waals surface area contributed by atoms with Gasteiger partial charge in [0.15, 0.2) is 0 Å². The molecule has 6 nitrogen and oxygen atoms in total. The zero-order valence-corrected chi connectivity index (χ0v) is 11.8. The normalized spacial score (nSPS) is 10.4. The van der Waals surface area contributed by atoms with Crippen molar-refractivity contribution in [2.45, 2.75) is 0 Å². The number of rotatable bonds is 3.